The smallest absolute Gasteiger partial charge is 0.253 e. The molecule has 1 saturated carbocycles. The van der Waals surface area contributed by atoms with Crippen LogP contribution in [0, 0.1) is 5.92 Å². The van der Waals surface area contributed by atoms with Crippen LogP contribution in [0.3, 0.4) is 0 Å². The Morgan fingerprint density at radius 2 is 2.07 bits per heavy atom. The van der Waals surface area contributed by atoms with E-state index in [9.17, 15) is 4.79 Å². The van der Waals surface area contributed by atoms with Crippen molar-refractivity contribution in [1.29, 1.82) is 0 Å². The molecule has 2 heterocycles. The quantitative estimate of drug-likeness (QED) is 0.621. The number of nitrogens with one attached hydrogen (secondary N) is 2. The Morgan fingerprint density at radius 3 is 2.79 bits per heavy atom. The zero-order chi connectivity index (χ0) is 19.5. The predicted octanol–water partition coefficient (Wildman–Crippen LogP) is 4.15. The SMILES string of the molecule is CCC(Cc1cn(C)c2ccccc12)NC(=O)c1ccc(NCC2CC2)nc1. The van der Waals surface area contributed by atoms with E-state index < -0.39 is 0 Å². The summed E-state index contributed by atoms with van der Waals surface area (Å²) < 4.78 is 2.15. The Kier molecular flexibility index (Phi) is 5.33. The van der Waals surface area contributed by atoms with Gasteiger partial charge in [0.05, 0.1) is 5.56 Å². The van der Waals surface area contributed by atoms with E-state index >= 15 is 0 Å². The number of hydrogen-bond acceptors (Lipinski definition) is 3. The molecule has 0 spiro atoms. The molecule has 4 rings (SSSR count). The number of aromatic nitrogens is 2. The van der Waals surface area contributed by atoms with Gasteiger partial charge in [-0.1, -0.05) is 25.1 Å². The normalized spacial score (nSPS) is 14.8. The Morgan fingerprint density at radius 1 is 1.25 bits per heavy atom. The second-order valence-corrected chi connectivity index (χ2v) is 7.82. The molecule has 3 aromatic rings. The lowest BCUT2D eigenvalue weighted by atomic mass is 10.0. The van der Waals surface area contributed by atoms with E-state index in [-0.39, 0.29) is 11.9 Å². The van der Waals surface area contributed by atoms with Gasteiger partial charge in [-0.05, 0) is 55.4 Å². The molecule has 1 aromatic carbocycles. The number of pyridine rings is 1. The van der Waals surface area contributed by atoms with Gasteiger partial charge in [-0.3, -0.25) is 4.79 Å². The first-order valence-electron chi connectivity index (χ1n) is 10.2. The standard InChI is InChI=1S/C23H28N4O/c1-3-19(12-18-15-27(2)21-7-5-4-6-20(18)21)26-23(28)17-10-11-22(25-14-17)24-13-16-8-9-16/h4-7,10-11,14-16,19H,3,8-9,12-13H2,1-2H3,(H,24,25)(H,26,28). The highest BCUT2D eigenvalue weighted by atomic mass is 16.1. The number of fused-ring (bicyclic) bond motifs is 1. The number of carbonyl (C=O) groups excluding carboxylic acids is 1. The van der Waals surface area contributed by atoms with Crippen molar-refractivity contribution in [1.82, 2.24) is 14.9 Å². The number of carbonyl (C=O) groups is 1. The number of anilines is 1. The Balaban J connectivity index is 1.40. The van der Waals surface area contributed by atoms with Crippen molar-refractivity contribution in [2.24, 2.45) is 13.0 Å². The lowest BCUT2D eigenvalue weighted by molar-refractivity contribution is 0.0935. The maximum Gasteiger partial charge on any atom is 0.253 e. The maximum absolute atomic E-state index is 12.7. The molecular weight excluding hydrogens is 348 g/mol. The molecule has 0 radical (unpaired) electrons. The lowest BCUT2D eigenvalue weighted by Gasteiger charge is -2.17. The second kappa shape index (κ2) is 8.05. The highest BCUT2D eigenvalue weighted by molar-refractivity contribution is 5.94. The molecule has 1 aliphatic rings. The third-order valence-electron chi connectivity index (χ3n) is 5.57. The van der Waals surface area contributed by atoms with Crippen LogP contribution < -0.4 is 10.6 Å². The van der Waals surface area contributed by atoms with Gasteiger partial charge in [0.25, 0.3) is 5.91 Å². The number of rotatable bonds is 8. The lowest BCUT2D eigenvalue weighted by Crippen LogP contribution is -2.36. The van der Waals surface area contributed by atoms with Crippen LogP contribution in [0.5, 0.6) is 0 Å². The summed E-state index contributed by atoms with van der Waals surface area (Å²) in [6.07, 6.45) is 8.14. The van der Waals surface area contributed by atoms with Crippen molar-refractivity contribution >= 4 is 22.6 Å². The third-order valence-corrected chi connectivity index (χ3v) is 5.57. The van der Waals surface area contributed by atoms with E-state index in [0.29, 0.717) is 5.56 Å². The first kappa shape index (κ1) is 18.5. The van der Waals surface area contributed by atoms with Crippen LogP contribution in [0.15, 0.2) is 48.8 Å². The Labute approximate surface area is 166 Å². The minimum absolute atomic E-state index is 0.0617. The van der Waals surface area contributed by atoms with Crippen LogP contribution in [-0.4, -0.2) is 28.0 Å². The topological polar surface area (TPSA) is 59.0 Å². The van der Waals surface area contributed by atoms with Crippen LogP contribution >= 0.6 is 0 Å². The van der Waals surface area contributed by atoms with Crippen LogP contribution in [0.4, 0.5) is 5.82 Å². The van der Waals surface area contributed by atoms with Gasteiger partial charge in [-0.25, -0.2) is 4.98 Å². The predicted molar refractivity (Wildman–Crippen MR) is 114 cm³/mol. The average molecular weight is 377 g/mol. The van der Waals surface area contributed by atoms with Gasteiger partial charge in [0, 0.05) is 42.9 Å². The summed E-state index contributed by atoms with van der Waals surface area (Å²) in [7, 11) is 2.07. The molecule has 5 nitrogen and oxygen atoms in total. The van der Waals surface area contributed by atoms with Gasteiger partial charge >= 0.3 is 0 Å². The minimum Gasteiger partial charge on any atom is -0.370 e. The molecule has 2 N–H and O–H groups in total. The number of para-hydroxylation sites is 1. The van der Waals surface area contributed by atoms with Crippen molar-refractivity contribution in [2.45, 2.75) is 38.6 Å². The van der Waals surface area contributed by atoms with Crippen molar-refractivity contribution in [3.63, 3.8) is 0 Å². The zero-order valence-corrected chi connectivity index (χ0v) is 16.6. The molecule has 28 heavy (non-hydrogen) atoms. The van der Waals surface area contributed by atoms with Crippen molar-refractivity contribution in [3.05, 3.63) is 59.9 Å². The van der Waals surface area contributed by atoms with Gasteiger partial charge in [0.1, 0.15) is 5.82 Å². The molecule has 146 valence electrons. The van der Waals surface area contributed by atoms with Crippen LogP contribution in [0.1, 0.15) is 42.1 Å². The van der Waals surface area contributed by atoms with Crippen molar-refractivity contribution in [3.8, 4) is 0 Å². The van der Waals surface area contributed by atoms with Crippen molar-refractivity contribution in [2.75, 3.05) is 11.9 Å². The summed E-state index contributed by atoms with van der Waals surface area (Å²) in [6.45, 7) is 3.08. The van der Waals surface area contributed by atoms with Gasteiger partial charge in [0.15, 0.2) is 0 Å². The molecular formula is C23H28N4O. The number of amides is 1. The fraction of sp³-hybridized carbons (Fsp3) is 0.391. The molecule has 5 heteroatoms. The van der Waals surface area contributed by atoms with E-state index in [2.05, 4.69) is 64.6 Å². The first-order chi connectivity index (χ1) is 13.6. The van der Waals surface area contributed by atoms with Gasteiger partial charge < -0.3 is 15.2 Å². The Hall–Kier alpha value is -2.82. The molecule has 1 unspecified atom stereocenters. The number of hydrogen-bond donors (Lipinski definition) is 2. The molecule has 1 atom stereocenters. The van der Waals surface area contributed by atoms with E-state index in [0.717, 1.165) is 31.1 Å². The average Bonchev–Trinajstić information content (AvgIpc) is 3.50. The number of aryl methyl sites for hydroxylation is 1. The van der Waals surface area contributed by atoms with Crippen LogP contribution in [0.25, 0.3) is 10.9 Å². The third kappa shape index (κ3) is 4.19. The van der Waals surface area contributed by atoms with Crippen molar-refractivity contribution < 1.29 is 4.79 Å². The van der Waals surface area contributed by atoms with E-state index in [4.69, 9.17) is 0 Å². The highest BCUT2D eigenvalue weighted by Crippen LogP contribution is 2.28. The number of nitrogens with zero attached hydrogens (tertiary/aromatic N) is 2. The summed E-state index contributed by atoms with van der Waals surface area (Å²) in [5.41, 5.74) is 3.09. The monoisotopic (exact) mass is 376 g/mol. The molecule has 1 aliphatic carbocycles. The second-order valence-electron chi connectivity index (χ2n) is 7.82. The highest BCUT2D eigenvalue weighted by Gasteiger charge is 2.21. The summed E-state index contributed by atoms with van der Waals surface area (Å²) in [4.78, 5) is 17.1. The molecule has 1 fully saturated rings. The minimum atomic E-state index is -0.0617. The Bertz CT molecular complexity index is 956. The number of benzene rings is 1. The fourth-order valence-electron chi connectivity index (χ4n) is 3.62. The van der Waals surface area contributed by atoms with Crippen LogP contribution in [0.2, 0.25) is 0 Å². The fourth-order valence-corrected chi connectivity index (χ4v) is 3.62. The molecule has 0 saturated heterocycles. The molecule has 0 bridgehead atoms. The van der Waals surface area contributed by atoms with E-state index in [1.807, 2.05) is 12.1 Å². The molecule has 1 amide bonds. The molecule has 2 aromatic heterocycles. The summed E-state index contributed by atoms with van der Waals surface area (Å²) in [6, 6.07) is 12.2. The molecule has 0 aliphatic heterocycles. The maximum atomic E-state index is 12.7. The largest absolute Gasteiger partial charge is 0.370 e. The van der Waals surface area contributed by atoms with E-state index in [1.54, 1.807) is 6.20 Å². The first-order valence-corrected chi connectivity index (χ1v) is 10.2. The summed E-state index contributed by atoms with van der Waals surface area (Å²) >= 11 is 0. The zero-order valence-electron chi connectivity index (χ0n) is 16.6. The van der Waals surface area contributed by atoms with Gasteiger partial charge in [-0.15, -0.1) is 0 Å². The van der Waals surface area contributed by atoms with Crippen LogP contribution in [-0.2, 0) is 13.5 Å². The summed E-state index contributed by atoms with van der Waals surface area (Å²) in [5, 5.41) is 7.76. The van der Waals surface area contributed by atoms with Gasteiger partial charge in [-0.2, -0.15) is 0 Å². The van der Waals surface area contributed by atoms with Gasteiger partial charge in [0.2, 0.25) is 0 Å². The summed E-state index contributed by atoms with van der Waals surface area (Å²) in [5.74, 6) is 1.57. The van der Waals surface area contributed by atoms with E-state index in [1.165, 1.54) is 29.3 Å².